The minimum atomic E-state index is -0.242. The monoisotopic (exact) mass is 310 g/mol. The summed E-state index contributed by atoms with van der Waals surface area (Å²) in [5.41, 5.74) is 0.157. The summed E-state index contributed by atoms with van der Waals surface area (Å²) in [7, 11) is 0. The van der Waals surface area contributed by atoms with Crippen LogP contribution >= 0.6 is 35.6 Å². The van der Waals surface area contributed by atoms with Crippen LogP contribution in [0.5, 0.6) is 5.75 Å². The molecule has 2 N–H and O–H groups in total. The van der Waals surface area contributed by atoms with Crippen LogP contribution in [0.3, 0.4) is 0 Å². The molecule has 7 heteroatoms. The zero-order chi connectivity index (χ0) is 12.4. The lowest BCUT2D eigenvalue weighted by molar-refractivity contribution is 0.0733. The molecular weight excluding hydrogens is 298 g/mol. The van der Waals surface area contributed by atoms with Gasteiger partial charge in [0.05, 0.1) is 10.6 Å². The quantitative estimate of drug-likeness (QED) is 0.836. The summed E-state index contributed by atoms with van der Waals surface area (Å²) < 4.78 is 0. The Bertz CT molecular complexity index is 448. The van der Waals surface area contributed by atoms with Gasteiger partial charge in [-0.25, -0.2) is 0 Å². The number of phenolic OH excluding ortho intramolecular Hbond substituents is 1. The molecule has 18 heavy (non-hydrogen) atoms. The van der Waals surface area contributed by atoms with Crippen LogP contribution in [0.4, 0.5) is 0 Å². The molecule has 0 unspecified atom stereocenters. The van der Waals surface area contributed by atoms with Gasteiger partial charge in [-0.3, -0.25) is 4.79 Å². The van der Waals surface area contributed by atoms with Gasteiger partial charge in [-0.1, -0.05) is 23.2 Å². The minimum absolute atomic E-state index is 0. The SMILES string of the molecule is Cl.O=C(c1cc(Cl)cc(Cl)c1O)N1CCNCC1. The normalized spacial score (nSPS) is 15.1. The Balaban J connectivity index is 0.00000162. The molecule has 1 fully saturated rings. The highest BCUT2D eigenvalue weighted by Crippen LogP contribution is 2.31. The van der Waals surface area contributed by atoms with Crippen molar-refractivity contribution < 1.29 is 9.90 Å². The van der Waals surface area contributed by atoms with E-state index in [1.165, 1.54) is 12.1 Å². The molecule has 1 amide bonds. The van der Waals surface area contributed by atoms with Crippen molar-refractivity contribution in [3.63, 3.8) is 0 Å². The topological polar surface area (TPSA) is 52.6 Å². The van der Waals surface area contributed by atoms with E-state index in [-0.39, 0.29) is 34.6 Å². The fraction of sp³-hybridized carbons (Fsp3) is 0.364. The van der Waals surface area contributed by atoms with Crippen LogP contribution in [0, 0.1) is 0 Å². The second kappa shape index (κ2) is 6.48. The molecule has 2 rings (SSSR count). The molecular formula is C11H13Cl3N2O2. The Morgan fingerprint density at radius 2 is 1.89 bits per heavy atom. The van der Waals surface area contributed by atoms with Gasteiger partial charge in [0.1, 0.15) is 5.75 Å². The predicted molar refractivity (Wildman–Crippen MR) is 74.1 cm³/mol. The number of nitrogens with zero attached hydrogens (tertiary/aromatic N) is 1. The number of halogens is 3. The van der Waals surface area contributed by atoms with Crippen LogP contribution in [-0.4, -0.2) is 42.1 Å². The van der Waals surface area contributed by atoms with Crippen molar-refractivity contribution in [2.24, 2.45) is 0 Å². The van der Waals surface area contributed by atoms with Gasteiger partial charge in [-0.05, 0) is 12.1 Å². The highest BCUT2D eigenvalue weighted by Gasteiger charge is 2.22. The number of carbonyl (C=O) groups is 1. The summed E-state index contributed by atoms with van der Waals surface area (Å²) in [4.78, 5) is 13.8. The van der Waals surface area contributed by atoms with Crippen molar-refractivity contribution in [3.8, 4) is 5.75 Å². The number of nitrogens with one attached hydrogen (secondary N) is 1. The van der Waals surface area contributed by atoms with E-state index >= 15 is 0 Å². The maximum Gasteiger partial charge on any atom is 0.257 e. The van der Waals surface area contributed by atoms with Crippen molar-refractivity contribution in [1.29, 1.82) is 0 Å². The van der Waals surface area contributed by atoms with Gasteiger partial charge in [-0.2, -0.15) is 0 Å². The Kier molecular flexibility index (Phi) is 5.53. The molecule has 0 radical (unpaired) electrons. The van der Waals surface area contributed by atoms with Crippen LogP contribution in [0.1, 0.15) is 10.4 Å². The third-order valence-electron chi connectivity index (χ3n) is 2.66. The van der Waals surface area contributed by atoms with Gasteiger partial charge < -0.3 is 15.3 Å². The molecule has 1 saturated heterocycles. The molecule has 0 spiro atoms. The Labute approximate surface area is 121 Å². The van der Waals surface area contributed by atoms with Crippen LogP contribution in [0.15, 0.2) is 12.1 Å². The first kappa shape index (κ1) is 15.4. The maximum atomic E-state index is 12.1. The van der Waals surface area contributed by atoms with E-state index in [4.69, 9.17) is 23.2 Å². The summed E-state index contributed by atoms with van der Waals surface area (Å²) in [5.74, 6) is -0.451. The van der Waals surface area contributed by atoms with Crippen LogP contribution in [0.25, 0.3) is 0 Å². The molecule has 1 aliphatic heterocycles. The van der Waals surface area contributed by atoms with Crippen molar-refractivity contribution in [2.75, 3.05) is 26.2 Å². The third kappa shape index (κ3) is 3.20. The minimum Gasteiger partial charge on any atom is -0.506 e. The first-order chi connectivity index (χ1) is 8.09. The van der Waals surface area contributed by atoms with E-state index < -0.39 is 0 Å². The van der Waals surface area contributed by atoms with Gasteiger partial charge in [0.25, 0.3) is 5.91 Å². The zero-order valence-electron chi connectivity index (χ0n) is 9.45. The predicted octanol–water partition coefficient (Wildman–Crippen LogP) is 2.17. The highest BCUT2D eigenvalue weighted by molar-refractivity contribution is 6.36. The smallest absolute Gasteiger partial charge is 0.257 e. The van der Waals surface area contributed by atoms with E-state index in [1.54, 1.807) is 4.90 Å². The highest BCUT2D eigenvalue weighted by atomic mass is 35.5. The number of amides is 1. The first-order valence-electron chi connectivity index (χ1n) is 5.27. The number of hydrogen-bond donors (Lipinski definition) is 2. The molecule has 1 aromatic carbocycles. The van der Waals surface area contributed by atoms with Crippen LogP contribution in [-0.2, 0) is 0 Å². The summed E-state index contributed by atoms with van der Waals surface area (Å²) >= 11 is 11.6. The molecule has 0 bridgehead atoms. The van der Waals surface area contributed by atoms with Gasteiger partial charge in [-0.15, -0.1) is 12.4 Å². The molecule has 100 valence electrons. The molecule has 1 aromatic rings. The van der Waals surface area contributed by atoms with Crippen molar-refractivity contribution in [3.05, 3.63) is 27.7 Å². The lowest BCUT2D eigenvalue weighted by Gasteiger charge is -2.27. The number of aromatic hydroxyl groups is 1. The van der Waals surface area contributed by atoms with Crippen LogP contribution in [0.2, 0.25) is 10.0 Å². The largest absolute Gasteiger partial charge is 0.506 e. The molecule has 0 saturated carbocycles. The molecule has 0 aliphatic carbocycles. The third-order valence-corrected chi connectivity index (χ3v) is 3.17. The number of benzene rings is 1. The second-order valence-electron chi connectivity index (χ2n) is 3.83. The van der Waals surface area contributed by atoms with Crippen molar-refractivity contribution in [1.82, 2.24) is 10.2 Å². The van der Waals surface area contributed by atoms with E-state index in [2.05, 4.69) is 5.32 Å². The molecule has 0 atom stereocenters. The van der Waals surface area contributed by atoms with Gasteiger partial charge in [0, 0.05) is 31.2 Å². The standard InChI is InChI=1S/C11H12Cl2N2O2.ClH/c12-7-5-8(10(16)9(13)6-7)11(17)15-3-1-14-2-4-15;/h5-6,14,16H,1-4H2;1H. The van der Waals surface area contributed by atoms with Gasteiger partial charge in [0.15, 0.2) is 0 Å². The molecule has 0 aromatic heterocycles. The van der Waals surface area contributed by atoms with Crippen molar-refractivity contribution >= 4 is 41.5 Å². The van der Waals surface area contributed by atoms with E-state index in [9.17, 15) is 9.90 Å². The number of hydrogen-bond acceptors (Lipinski definition) is 3. The fourth-order valence-corrected chi connectivity index (χ4v) is 2.26. The molecule has 1 heterocycles. The summed E-state index contributed by atoms with van der Waals surface area (Å²) in [6, 6.07) is 2.85. The summed E-state index contributed by atoms with van der Waals surface area (Å²) in [5, 5.41) is 13.4. The number of piperazine rings is 1. The van der Waals surface area contributed by atoms with Gasteiger partial charge in [0.2, 0.25) is 0 Å². The Hall–Kier alpha value is -0.680. The summed E-state index contributed by atoms with van der Waals surface area (Å²) in [6.45, 7) is 2.73. The van der Waals surface area contributed by atoms with Crippen LogP contribution < -0.4 is 5.32 Å². The van der Waals surface area contributed by atoms with E-state index in [0.29, 0.717) is 18.1 Å². The first-order valence-corrected chi connectivity index (χ1v) is 6.03. The maximum absolute atomic E-state index is 12.1. The van der Waals surface area contributed by atoms with E-state index in [0.717, 1.165) is 13.1 Å². The molecule has 4 nitrogen and oxygen atoms in total. The number of phenols is 1. The summed E-state index contributed by atoms with van der Waals surface area (Å²) in [6.07, 6.45) is 0. The lowest BCUT2D eigenvalue weighted by Crippen LogP contribution is -2.46. The fourth-order valence-electron chi connectivity index (χ4n) is 1.77. The van der Waals surface area contributed by atoms with Gasteiger partial charge >= 0.3 is 0 Å². The number of rotatable bonds is 1. The average molecular weight is 312 g/mol. The second-order valence-corrected chi connectivity index (χ2v) is 4.67. The number of carbonyl (C=O) groups excluding carboxylic acids is 1. The zero-order valence-corrected chi connectivity index (χ0v) is 11.8. The van der Waals surface area contributed by atoms with Crippen molar-refractivity contribution in [2.45, 2.75) is 0 Å². The average Bonchev–Trinajstić information content (AvgIpc) is 2.34. The lowest BCUT2D eigenvalue weighted by atomic mass is 10.1. The van der Waals surface area contributed by atoms with E-state index in [1.807, 2.05) is 0 Å². The Morgan fingerprint density at radius 3 is 2.50 bits per heavy atom. The molecule has 1 aliphatic rings. The Morgan fingerprint density at radius 1 is 1.28 bits per heavy atom.